The molecule has 49 heavy (non-hydrogen) atoms. The van der Waals surface area contributed by atoms with Gasteiger partial charge in [0.15, 0.2) is 22.5 Å². The van der Waals surface area contributed by atoms with Gasteiger partial charge in [0.25, 0.3) is 0 Å². The van der Waals surface area contributed by atoms with Crippen LogP contribution >= 0.6 is 31.9 Å². The Hall–Kier alpha value is -3.12. The summed E-state index contributed by atoms with van der Waals surface area (Å²) in [6.45, 7) is 23.9. The Kier molecular flexibility index (Phi) is 19.4. The Labute approximate surface area is 306 Å². The third-order valence-corrected chi connectivity index (χ3v) is 9.00. The SMILES string of the molecule is CC.CC.CCN(CC)CCCOc1c2occc2c(Br)c2ccc(=O)oc12.CCN(CC)CCCOc1cccc2cc(Br)c(=O)oc12. The Morgan fingerprint density at radius 2 is 1.29 bits per heavy atom. The summed E-state index contributed by atoms with van der Waals surface area (Å²) in [5, 5.41) is 2.54. The van der Waals surface area contributed by atoms with E-state index >= 15 is 0 Å². The lowest BCUT2D eigenvalue weighted by Gasteiger charge is -2.18. The van der Waals surface area contributed by atoms with E-state index in [-0.39, 0.29) is 5.63 Å². The van der Waals surface area contributed by atoms with E-state index in [0.29, 0.717) is 45.9 Å². The maximum Gasteiger partial charge on any atom is 0.350 e. The standard InChI is InChI=1S/C18H20BrNO4.C16H20BrNO3.2C2H6/c1-3-20(4-2)9-5-10-22-18-16-13(8-11-23-16)15(19)12-6-7-14(21)24-17(12)18;1-3-18(4-2)9-6-10-20-14-8-5-7-12-11-13(17)16(19)21-15(12)14;2*1-2/h6-8,11H,3-5,9-10H2,1-2H3;5,7-8,11H,3-4,6,9-10H2,1-2H3;2*1-2H3. The van der Waals surface area contributed by atoms with E-state index in [9.17, 15) is 9.59 Å². The number of halogens is 2. The number of para-hydroxylation sites is 1. The highest BCUT2D eigenvalue weighted by Gasteiger charge is 2.19. The Morgan fingerprint density at radius 3 is 1.90 bits per heavy atom. The number of hydrogen-bond donors (Lipinski definition) is 0. The molecule has 0 bridgehead atoms. The fourth-order valence-electron chi connectivity index (χ4n) is 5.01. The molecule has 0 aliphatic heterocycles. The predicted molar refractivity (Wildman–Crippen MR) is 209 cm³/mol. The fraction of sp³-hybridized carbons (Fsp3) is 0.474. The molecular formula is C38H52Br2N2O7. The number of rotatable bonds is 14. The molecule has 270 valence electrons. The van der Waals surface area contributed by atoms with Crippen LogP contribution in [0.5, 0.6) is 11.5 Å². The molecule has 11 heteroatoms. The highest BCUT2D eigenvalue weighted by atomic mass is 79.9. The highest BCUT2D eigenvalue weighted by molar-refractivity contribution is 9.11. The van der Waals surface area contributed by atoms with Gasteiger partial charge in [0.2, 0.25) is 5.75 Å². The lowest BCUT2D eigenvalue weighted by molar-refractivity contribution is 0.248. The van der Waals surface area contributed by atoms with Gasteiger partial charge in [-0.05, 0) is 95.1 Å². The lowest BCUT2D eigenvalue weighted by Crippen LogP contribution is -2.25. The molecule has 0 atom stereocenters. The maximum atomic E-state index is 11.6. The summed E-state index contributed by atoms with van der Waals surface area (Å²) in [6.07, 6.45) is 3.44. The molecule has 5 aromatic rings. The van der Waals surface area contributed by atoms with Crippen LogP contribution in [0.3, 0.4) is 0 Å². The molecular weight excluding hydrogens is 756 g/mol. The van der Waals surface area contributed by atoms with E-state index in [1.165, 1.54) is 6.07 Å². The zero-order chi connectivity index (χ0) is 36.3. The summed E-state index contributed by atoms with van der Waals surface area (Å²) >= 11 is 6.74. The van der Waals surface area contributed by atoms with Gasteiger partial charge < -0.3 is 32.5 Å². The van der Waals surface area contributed by atoms with E-state index in [2.05, 4.69) is 69.4 Å². The largest absolute Gasteiger partial charge is 0.490 e. The second-order valence-corrected chi connectivity index (χ2v) is 12.0. The predicted octanol–water partition coefficient (Wildman–Crippen LogP) is 10.1. The van der Waals surface area contributed by atoms with Gasteiger partial charge in [-0.2, -0.15) is 0 Å². The summed E-state index contributed by atoms with van der Waals surface area (Å²) < 4.78 is 29.3. The number of furan rings is 1. The first-order valence-corrected chi connectivity index (χ1v) is 18.9. The van der Waals surface area contributed by atoms with Gasteiger partial charge in [-0.25, -0.2) is 9.59 Å². The number of benzene rings is 2. The molecule has 0 radical (unpaired) electrons. The van der Waals surface area contributed by atoms with Gasteiger partial charge in [-0.15, -0.1) is 0 Å². The monoisotopic (exact) mass is 806 g/mol. The van der Waals surface area contributed by atoms with Crippen LogP contribution in [0.1, 0.15) is 68.2 Å². The van der Waals surface area contributed by atoms with Crippen molar-refractivity contribution in [3.8, 4) is 11.5 Å². The van der Waals surface area contributed by atoms with Crippen molar-refractivity contribution in [2.75, 3.05) is 52.5 Å². The van der Waals surface area contributed by atoms with Gasteiger partial charge >= 0.3 is 11.3 Å². The van der Waals surface area contributed by atoms with Crippen molar-refractivity contribution < 1.29 is 22.7 Å². The average molecular weight is 809 g/mol. The van der Waals surface area contributed by atoms with E-state index in [0.717, 1.165) is 72.7 Å². The Morgan fingerprint density at radius 1 is 0.694 bits per heavy atom. The second-order valence-electron chi connectivity index (χ2n) is 10.3. The Bertz CT molecular complexity index is 1810. The lowest BCUT2D eigenvalue weighted by atomic mass is 10.1. The van der Waals surface area contributed by atoms with Crippen molar-refractivity contribution in [2.45, 2.75) is 68.2 Å². The van der Waals surface area contributed by atoms with Crippen molar-refractivity contribution in [3.63, 3.8) is 0 Å². The summed E-state index contributed by atoms with van der Waals surface area (Å²) in [7, 11) is 0. The molecule has 0 unspecified atom stereocenters. The van der Waals surface area contributed by atoms with Crippen LogP contribution in [0.4, 0.5) is 0 Å². The smallest absolute Gasteiger partial charge is 0.350 e. The first-order valence-electron chi connectivity index (χ1n) is 17.4. The molecule has 0 saturated carbocycles. The van der Waals surface area contributed by atoms with Crippen LogP contribution in [0.2, 0.25) is 0 Å². The quantitative estimate of drug-likeness (QED) is 0.0802. The van der Waals surface area contributed by atoms with Crippen LogP contribution in [0.25, 0.3) is 32.9 Å². The molecule has 0 fully saturated rings. The first kappa shape index (κ1) is 42.0. The third kappa shape index (κ3) is 11.7. The van der Waals surface area contributed by atoms with Gasteiger partial charge in [0, 0.05) is 39.8 Å². The number of hydrogen-bond acceptors (Lipinski definition) is 9. The number of fused-ring (bicyclic) bond motifs is 3. The zero-order valence-corrected chi connectivity index (χ0v) is 33.4. The molecule has 0 aliphatic carbocycles. The maximum absolute atomic E-state index is 11.6. The van der Waals surface area contributed by atoms with E-state index in [4.69, 9.17) is 22.7 Å². The van der Waals surface area contributed by atoms with Crippen molar-refractivity contribution in [1.82, 2.24) is 9.80 Å². The minimum Gasteiger partial charge on any atom is -0.490 e. The first-order chi connectivity index (χ1) is 23.8. The average Bonchev–Trinajstić information content (AvgIpc) is 3.63. The molecule has 3 heterocycles. The van der Waals surface area contributed by atoms with Gasteiger partial charge in [-0.1, -0.05) is 67.5 Å². The topological polar surface area (TPSA) is 98.5 Å². The molecule has 0 aliphatic rings. The third-order valence-electron chi connectivity index (χ3n) is 7.60. The number of nitrogens with zero attached hydrogens (tertiary/aromatic N) is 2. The normalized spacial score (nSPS) is 10.8. The highest BCUT2D eigenvalue weighted by Crippen LogP contribution is 2.41. The second kappa shape index (κ2) is 22.6. The molecule has 3 aromatic heterocycles. The molecule has 9 nitrogen and oxygen atoms in total. The van der Waals surface area contributed by atoms with Gasteiger partial charge in [0.05, 0.1) is 19.5 Å². The molecule has 0 N–H and O–H groups in total. The molecule has 0 amide bonds. The number of ether oxygens (including phenoxy) is 2. The van der Waals surface area contributed by atoms with Crippen LogP contribution in [-0.2, 0) is 0 Å². The van der Waals surface area contributed by atoms with E-state index < -0.39 is 5.63 Å². The van der Waals surface area contributed by atoms with Crippen molar-refractivity contribution in [2.24, 2.45) is 0 Å². The van der Waals surface area contributed by atoms with Crippen LogP contribution in [-0.4, -0.2) is 62.3 Å². The van der Waals surface area contributed by atoms with Gasteiger partial charge in [0.1, 0.15) is 4.47 Å². The van der Waals surface area contributed by atoms with E-state index in [1.54, 1.807) is 18.4 Å². The zero-order valence-electron chi connectivity index (χ0n) is 30.2. The minimum atomic E-state index is -0.409. The Balaban J connectivity index is 0.000000311. The molecule has 2 aromatic carbocycles. The summed E-state index contributed by atoms with van der Waals surface area (Å²) in [5.41, 5.74) is 0.717. The van der Waals surface area contributed by atoms with Crippen LogP contribution in [0.15, 0.2) is 80.5 Å². The fourth-order valence-corrected chi connectivity index (χ4v) is 5.97. The van der Waals surface area contributed by atoms with Crippen LogP contribution < -0.4 is 20.7 Å². The molecule has 0 saturated heterocycles. The van der Waals surface area contributed by atoms with E-state index in [1.807, 2.05) is 52.0 Å². The minimum absolute atomic E-state index is 0.387. The summed E-state index contributed by atoms with van der Waals surface area (Å²) in [4.78, 5) is 27.9. The van der Waals surface area contributed by atoms with Gasteiger partial charge in [-0.3, -0.25) is 0 Å². The van der Waals surface area contributed by atoms with Crippen molar-refractivity contribution >= 4 is 64.8 Å². The molecule has 0 spiro atoms. The summed E-state index contributed by atoms with van der Waals surface area (Å²) in [6, 6.07) is 12.4. The van der Waals surface area contributed by atoms with Crippen LogP contribution in [0, 0.1) is 0 Å². The van der Waals surface area contributed by atoms with Crippen molar-refractivity contribution in [3.05, 3.63) is 78.5 Å². The molecule has 5 rings (SSSR count). The summed E-state index contributed by atoms with van der Waals surface area (Å²) in [5.74, 6) is 1.11. The van der Waals surface area contributed by atoms with Crippen molar-refractivity contribution in [1.29, 1.82) is 0 Å².